The van der Waals surface area contributed by atoms with Crippen molar-refractivity contribution < 1.29 is 9.59 Å². The Morgan fingerprint density at radius 2 is 0.929 bits per heavy atom. The number of hydrogen-bond donors (Lipinski definition) is 0. The molecule has 4 rings (SSSR count). The summed E-state index contributed by atoms with van der Waals surface area (Å²) in [4.78, 5) is 40.3. The summed E-state index contributed by atoms with van der Waals surface area (Å²) in [6.07, 6.45) is 8.63. The number of thiazole rings is 2. The molecule has 0 spiro atoms. The predicted octanol–water partition coefficient (Wildman–Crippen LogP) is 8.68. The first-order valence-electron chi connectivity index (χ1n) is 15.1. The third kappa shape index (κ3) is 8.35. The first-order chi connectivity index (χ1) is 20.4. The van der Waals surface area contributed by atoms with Gasteiger partial charge < -0.3 is 9.80 Å². The maximum Gasteiger partial charge on any atom is 0.222 e. The van der Waals surface area contributed by atoms with Crippen molar-refractivity contribution in [2.75, 3.05) is 13.1 Å². The van der Waals surface area contributed by atoms with Crippen molar-refractivity contribution in [1.29, 1.82) is 0 Å². The molecule has 0 aliphatic carbocycles. The first-order valence-corrected chi connectivity index (χ1v) is 16.7. The summed E-state index contributed by atoms with van der Waals surface area (Å²) < 4.78 is 0. The average Bonchev–Trinajstić information content (AvgIpc) is 3.67. The van der Waals surface area contributed by atoms with Crippen LogP contribution in [0.3, 0.4) is 0 Å². The Bertz CT molecular complexity index is 1320. The van der Waals surface area contributed by atoms with Gasteiger partial charge in [0.05, 0.1) is 22.8 Å². The van der Waals surface area contributed by atoms with Crippen LogP contribution in [0.1, 0.15) is 76.2 Å². The van der Waals surface area contributed by atoms with E-state index in [1.807, 2.05) is 36.0 Å². The molecule has 0 saturated carbocycles. The van der Waals surface area contributed by atoms with Gasteiger partial charge >= 0.3 is 0 Å². The van der Waals surface area contributed by atoms with Crippen LogP contribution in [0.2, 0.25) is 0 Å². The summed E-state index contributed by atoms with van der Waals surface area (Å²) in [5.41, 5.74) is 4.58. The van der Waals surface area contributed by atoms with Gasteiger partial charge in [-0.25, -0.2) is 9.97 Å². The minimum absolute atomic E-state index is 0.208. The van der Waals surface area contributed by atoms with Crippen LogP contribution < -0.4 is 0 Å². The summed E-state index contributed by atoms with van der Waals surface area (Å²) in [5, 5.41) is 1.94. The Balaban J connectivity index is 1.40. The fourth-order valence-electron chi connectivity index (χ4n) is 4.88. The van der Waals surface area contributed by atoms with Crippen LogP contribution in [0.4, 0.5) is 0 Å². The van der Waals surface area contributed by atoms with Gasteiger partial charge in [-0.3, -0.25) is 9.59 Å². The van der Waals surface area contributed by atoms with Gasteiger partial charge in [-0.2, -0.15) is 0 Å². The topological polar surface area (TPSA) is 66.4 Å². The third-order valence-electron chi connectivity index (χ3n) is 7.05. The predicted molar refractivity (Wildman–Crippen MR) is 175 cm³/mol. The summed E-state index contributed by atoms with van der Waals surface area (Å²) in [7, 11) is 0. The molecule has 42 heavy (non-hydrogen) atoms. The molecule has 2 aromatic carbocycles. The van der Waals surface area contributed by atoms with Gasteiger partial charge in [0.2, 0.25) is 11.8 Å². The number of nitrogens with zero attached hydrogens (tertiary/aromatic N) is 4. The monoisotopic (exact) mass is 602 g/mol. The summed E-state index contributed by atoms with van der Waals surface area (Å²) in [6.45, 7) is 11.0. The molecule has 2 aromatic heterocycles. The number of hydrogen-bond acceptors (Lipinski definition) is 6. The Labute approximate surface area is 258 Å². The molecule has 6 nitrogen and oxygen atoms in total. The highest BCUT2D eigenvalue weighted by Crippen LogP contribution is 2.32. The number of amides is 2. The van der Waals surface area contributed by atoms with E-state index < -0.39 is 0 Å². The van der Waals surface area contributed by atoms with Crippen LogP contribution in [0, 0.1) is 0 Å². The van der Waals surface area contributed by atoms with Crippen LogP contribution in [-0.2, 0) is 22.7 Å². The van der Waals surface area contributed by atoms with E-state index in [4.69, 9.17) is 0 Å². The lowest BCUT2D eigenvalue weighted by atomic mass is 10.0. The van der Waals surface area contributed by atoms with E-state index in [0.29, 0.717) is 25.9 Å². The molecule has 0 unspecified atom stereocenters. The molecule has 0 aliphatic rings. The van der Waals surface area contributed by atoms with Gasteiger partial charge in [0.1, 0.15) is 10.0 Å². The molecular weight excluding hydrogens is 561 g/mol. The van der Waals surface area contributed by atoms with Crippen molar-refractivity contribution in [3.05, 3.63) is 70.9 Å². The van der Waals surface area contributed by atoms with Gasteiger partial charge in [-0.05, 0) is 47.9 Å². The van der Waals surface area contributed by atoms with Crippen LogP contribution in [0.5, 0.6) is 0 Å². The average molecular weight is 603 g/mol. The highest BCUT2D eigenvalue weighted by Gasteiger charge is 2.16. The van der Waals surface area contributed by atoms with Crippen molar-refractivity contribution in [2.45, 2.75) is 79.3 Å². The standard InChI is InChI=1S/C34H42N4O2S2/c1-5-9-33(39)37(19-7-3)23-31-35-21-29(41-31)27-15-11-25(12-16-27)26-13-17-28(18-14-26)30-22-36-32(42-30)24-38(20-8-4)34(40)10-6-2/h11-18,21-22H,5-10,19-20,23-24H2,1-4H3. The fourth-order valence-corrected chi connectivity index (χ4v) is 6.76. The molecule has 0 fully saturated rings. The number of carbonyl (C=O) groups excluding carboxylic acids is 2. The van der Waals surface area contributed by atoms with Crippen molar-refractivity contribution >= 4 is 34.5 Å². The van der Waals surface area contributed by atoms with Gasteiger partial charge in [-0.1, -0.05) is 76.2 Å². The zero-order chi connectivity index (χ0) is 29.9. The van der Waals surface area contributed by atoms with Gasteiger partial charge in [0.15, 0.2) is 0 Å². The van der Waals surface area contributed by atoms with E-state index in [1.54, 1.807) is 22.7 Å². The van der Waals surface area contributed by atoms with Crippen molar-refractivity contribution in [3.8, 4) is 32.0 Å². The van der Waals surface area contributed by atoms with Crippen molar-refractivity contribution in [1.82, 2.24) is 19.8 Å². The number of benzene rings is 2. The molecule has 222 valence electrons. The molecule has 2 amide bonds. The van der Waals surface area contributed by atoms with Crippen LogP contribution in [0.15, 0.2) is 60.9 Å². The zero-order valence-corrected chi connectivity index (χ0v) is 26.9. The zero-order valence-electron chi connectivity index (χ0n) is 25.3. The van der Waals surface area contributed by atoms with Crippen molar-refractivity contribution in [2.24, 2.45) is 0 Å². The van der Waals surface area contributed by atoms with E-state index >= 15 is 0 Å². The molecule has 0 radical (unpaired) electrons. The van der Waals surface area contributed by atoms with Crippen LogP contribution in [0.25, 0.3) is 32.0 Å². The smallest absolute Gasteiger partial charge is 0.222 e. The molecule has 0 aliphatic heterocycles. The number of carbonyl (C=O) groups is 2. The largest absolute Gasteiger partial charge is 0.336 e. The maximum absolute atomic E-state index is 12.5. The molecule has 0 N–H and O–H groups in total. The number of aromatic nitrogens is 2. The van der Waals surface area contributed by atoms with Crippen molar-refractivity contribution in [3.63, 3.8) is 0 Å². The summed E-state index contributed by atoms with van der Waals surface area (Å²) in [5.74, 6) is 0.416. The quantitative estimate of drug-likeness (QED) is 0.137. The molecule has 0 bridgehead atoms. The fraction of sp³-hybridized carbons (Fsp3) is 0.412. The van der Waals surface area contributed by atoms with E-state index in [-0.39, 0.29) is 11.8 Å². The first kappa shape index (κ1) is 31.6. The SMILES string of the molecule is CCCC(=O)N(CCC)Cc1ncc(-c2ccc(-c3ccc(-c4cnc(CN(CCC)C(=O)CCC)s4)cc3)cc2)s1. The van der Waals surface area contributed by atoms with E-state index in [9.17, 15) is 9.59 Å². The minimum Gasteiger partial charge on any atom is -0.336 e. The lowest BCUT2D eigenvalue weighted by Crippen LogP contribution is -2.30. The molecule has 8 heteroatoms. The highest BCUT2D eigenvalue weighted by atomic mass is 32.1. The van der Waals surface area contributed by atoms with Gasteiger partial charge in [0.25, 0.3) is 0 Å². The second-order valence-corrected chi connectivity index (χ2v) is 12.8. The van der Waals surface area contributed by atoms with Crippen LogP contribution in [-0.4, -0.2) is 44.7 Å². The van der Waals surface area contributed by atoms with Gasteiger partial charge in [-0.15, -0.1) is 22.7 Å². The van der Waals surface area contributed by atoms with Crippen LogP contribution >= 0.6 is 22.7 Å². The summed E-state index contributed by atoms with van der Waals surface area (Å²) >= 11 is 3.31. The normalized spacial score (nSPS) is 11.0. The summed E-state index contributed by atoms with van der Waals surface area (Å²) in [6, 6.07) is 17.2. The Kier molecular flexibility index (Phi) is 11.8. The maximum atomic E-state index is 12.5. The Morgan fingerprint density at radius 3 is 1.26 bits per heavy atom. The minimum atomic E-state index is 0.208. The molecule has 2 heterocycles. The van der Waals surface area contributed by atoms with E-state index in [0.717, 1.165) is 80.8 Å². The Morgan fingerprint density at radius 1 is 0.571 bits per heavy atom. The second kappa shape index (κ2) is 15.8. The molecule has 0 atom stereocenters. The lowest BCUT2D eigenvalue weighted by Gasteiger charge is -2.20. The Hall–Kier alpha value is -3.36. The number of rotatable bonds is 15. The molecular formula is C34H42N4O2S2. The van der Waals surface area contributed by atoms with Gasteiger partial charge in [0, 0.05) is 38.3 Å². The lowest BCUT2D eigenvalue weighted by molar-refractivity contribution is -0.132. The highest BCUT2D eigenvalue weighted by molar-refractivity contribution is 7.15. The third-order valence-corrected chi connectivity index (χ3v) is 9.11. The second-order valence-electron chi connectivity index (χ2n) is 10.5. The van der Waals surface area contributed by atoms with E-state index in [1.165, 1.54) is 0 Å². The molecule has 4 aromatic rings. The molecule has 0 saturated heterocycles. The van der Waals surface area contributed by atoms with E-state index in [2.05, 4.69) is 72.3 Å².